The molecular weight excluding hydrogens is 261 g/mol. The highest BCUT2D eigenvalue weighted by atomic mass is 19.1. The van der Waals surface area contributed by atoms with E-state index in [1.165, 1.54) is 0 Å². The summed E-state index contributed by atoms with van der Waals surface area (Å²) in [5.41, 5.74) is 0.406. The number of ketones is 1. The summed E-state index contributed by atoms with van der Waals surface area (Å²) < 4.78 is 12.8. The first-order valence-electron chi connectivity index (χ1n) is 5.93. The van der Waals surface area contributed by atoms with E-state index in [0.29, 0.717) is 5.56 Å². The Hall–Kier alpha value is -2.69. The number of hydrogen-bond acceptors (Lipinski definition) is 3. The van der Waals surface area contributed by atoms with Crippen molar-refractivity contribution in [3.05, 3.63) is 65.5 Å². The maximum atomic E-state index is 12.8. The van der Waals surface area contributed by atoms with E-state index in [1.807, 2.05) is 0 Å². The maximum Gasteiger partial charge on any atom is 0.255 e. The van der Waals surface area contributed by atoms with E-state index in [-0.39, 0.29) is 17.9 Å². The van der Waals surface area contributed by atoms with Gasteiger partial charge in [0.1, 0.15) is 11.6 Å². The second-order valence-corrected chi connectivity index (χ2v) is 4.13. The van der Waals surface area contributed by atoms with Gasteiger partial charge in [0, 0.05) is 11.6 Å². The lowest BCUT2D eigenvalue weighted by molar-refractivity contribution is 0.0902. The molecule has 0 aromatic heterocycles. The third-order valence-corrected chi connectivity index (χ3v) is 2.71. The van der Waals surface area contributed by atoms with Crippen LogP contribution in [0.3, 0.4) is 0 Å². The van der Waals surface area contributed by atoms with E-state index in [0.717, 1.165) is 18.2 Å². The number of halogens is 1. The van der Waals surface area contributed by atoms with Gasteiger partial charge in [0.15, 0.2) is 5.78 Å². The summed E-state index contributed by atoms with van der Waals surface area (Å²) in [6.45, 7) is -0.195. The minimum Gasteiger partial charge on any atom is -0.507 e. The number of phenols is 1. The molecule has 0 aliphatic heterocycles. The Kier molecular flexibility index (Phi) is 4.10. The van der Waals surface area contributed by atoms with Gasteiger partial charge in [-0.25, -0.2) is 4.39 Å². The van der Waals surface area contributed by atoms with E-state index >= 15 is 0 Å². The first kappa shape index (κ1) is 13.7. The number of Topliss-reactive ketones (excluding diaryl/α,β-unsaturated/α-hetero) is 1. The predicted molar refractivity (Wildman–Crippen MR) is 71.2 cm³/mol. The van der Waals surface area contributed by atoms with Gasteiger partial charge in [-0.05, 0) is 12.1 Å². The number of aromatic hydroxyl groups is 1. The van der Waals surface area contributed by atoms with Crippen molar-refractivity contribution in [2.75, 3.05) is 6.54 Å². The Bertz CT molecular complexity index is 641. The van der Waals surface area contributed by atoms with Crippen molar-refractivity contribution in [2.45, 2.75) is 0 Å². The summed E-state index contributed by atoms with van der Waals surface area (Å²) in [5, 5.41) is 11.8. The summed E-state index contributed by atoms with van der Waals surface area (Å²) in [6.07, 6.45) is 0. The molecule has 0 atom stereocenters. The third-order valence-electron chi connectivity index (χ3n) is 2.71. The van der Waals surface area contributed by atoms with Crippen LogP contribution in [0.4, 0.5) is 4.39 Å². The van der Waals surface area contributed by atoms with Crippen LogP contribution >= 0.6 is 0 Å². The third kappa shape index (κ3) is 3.20. The highest BCUT2D eigenvalue weighted by molar-refractivity contribution is 6.03. The van der Waals surface area contributed by atoms with Crippen molar-refractivity contribution < 1.29 is 19.1 Å². The molecule has 4 nitrogen and oxygen atoms in total. The average Bonchev–Trinajstić information content (AvgIpc) is 2.45. The van der Waals surface area contributed by atoms with Crippen molar-refractivity contribution in [1.29, 1.82) is 0 Å². The largest absolute Gasteiger partial charge is 0.507 e. The molecular formula is C15H12FNO3. The summed E-state index contributed by atoms with van der Waals surface area (Å²) in [4.78, 5) is 23.5. The second-order valence-electron chi connectivity index (χ2n) is 4.13. The second kappa shape index (κ2) is 5.97. The summed E-state index contributed by atoms with van der Waals surface area (Å²) in [6, 6.07) is 11.6. The fraction of sp³-hybridized carbons (Fsp3) is 0.0667. The minimum atomic E-state index is -0.639. The van der Waals surface area contributed by atoms with Crippen LogP contribution in [0.25, 0.3) is 0 Å². The molecule has 0 radical (unpaired) electrons. The van der Waals surface area contributed by atoms with E-state index < -0.39 is 17.5 Å². The number of carbonyl (C=O) groups is 2. The lowest BCUT2D eigenvalue weighted by Crippen LogP contribution is -2.29. The van der Waals surface area contributed by atoms with E-state index in [2.05, 4.69) is 5.32 Å². The zero-order chi connectivity index (χ0) is 14.5. The Morgan fingerprint density at radius 1 is 1.10 bits per heavy atom. The highest BCUT2D eigenvalue weighted by Gasteiger charge is 2.13. The first-order valence-corrected chi connectivity index (χ1v) is 5.93. The van der Waals surface area contributed by atoms with Crippen LogP contribution in [0.15, 0.2) is 48.5 Å². The van der Waals surface area contributed by atoms with Gasteiger partial charge < -0.3 is 10.4 Å². The van der Waals surface area contributed by atoms with Crippen LogP contribution in [0.5, 0.6) is 5.75 Å². The average molecular weight is 273 g/mol. The Morgan fingerprint density at radius 3 is 2.45 bits per heavy atom. The smallest absolute Gasteiger partial charge is 0.255 e. The minimum absolute atomic E-state index is 0.0766. The summed E-state index contributed by atoms with van der Waals surface area (Å²) >= 11 is 0. The molecule has 2 aromatic rings. The zero-order valence-electron chi connectivity index (χ0n) is 10.5. The highest BCUT2D eigenvalue weighted by Crippen LogP contribution is 2.17. The Labute approximate surface area is 114 Å². The van der Waals surface area contributed by atoms with Crippen LogP contribution in [-0.4, -0.2) is 23.3 Å². The lowest BCUT2D eigenvalue weighted by atomic mass is 10.1. The number of hydrogen-bond donors (Lipinski definition) is 2. The molecule has 0 fully saturated rings. The molecule has 1 amide bonds. The molecule has 0 unspecified atom stereocenters. The topological polar surface area (TPSA) is 66.4 Å². The Morgan fingerprint density at radius 2 is 1.80 bits per heavy atom. The van der Waals surface area contributed by atoms with Gasteiger partial charge in [-0.1, -0.05) is 30.3 Å². The van der Waals surface area contributed by atoms with Crippen LogP contribution in [0.2, 0.25) is 0 Å². The number of rotatable bonds is 4. The Balaban J connectivity index is 2.00. The van der Waals surface area contributed by atoms with Gasteiger partial charge in [-0.15, -0.1) is 0 Å². The molecule has 2 N–H and O–H groups in total. The SMILES string of the molecule is O=C(CNC(=O)c1ccc(F)cc1O)c1ccccc1. The van der Waals surface area contributed by atoms with Gasteiger partial charge in [-0.3, -0.25) is 9.59 Å². The fourth-order valence-electron chi connectivity index (χ4n) is 1.68. The van der Waals surface area contributed by atoms with Crippen LogP contribution in [0, 0.1) is 5.82 Å². The number of carbonyl (C=O) groups excluding carboxylic acids is 2. The van der Waals surface area contributed by atoms with Crippen molar-refractivity contribution in [1.82, 2.24) is 5.32 Å². The maximum absolute atomic E-state index is 12.8. The normalized spacial score (nSPS) is 10.1. The molecule has 0 aliphatic carbocycles. The van der Waals surface area contributed by atoms with E-state index in [1.54, 1.807) is 30.3 Å². The van der Waals surface area contributed by atoms with Crippen LogP contribution in [-0.2, 0) is 0 Å². The number of amides is 1. The molecule has 0 bridgehead atoms. The predicted octanol–water partition coefficient (Wildman–Crippen LogP) is 2.14. The number of nitrogens with one attached hydrogen (secondary N) is 1. The van der Waals surface area contributed by atoms with Gasteiger partial charge in [0.25, 0.3) is 5.91 Å². The number of benzene rings is 2. The molecule has 0 spiro atoms. The summed E-state index contributed by atoms with van der Waals surface area (Å²) in [5.74, 6) is -1.98. The van der Waals surface area contributed by atoms with Gasteiger partial charge >= 0.3 is 0 Å². The van der Waals surface area contributed by atoms with Crippen LogP contribution in [0.1, 0.15) is 20.7 Å². The lowest BCUT2D eigenvalue weighted by Gasteiger charge is -2.06. The van der Waals surface area contributed by atoms with Gasteiger partial charge in [-0.2, -0.15) is 0 Å². The first-order chi connectivity index (χ1) is 9.58. The molecule has 2 rings (SSSR count). The molecule has 102 valence electrons. The van der Waals surface area contributed by atoms with E-state index in [9.17, 15) is 19.1 Å². The molecule has 5 heteroatoms. The van der Waals surface area contributed by atoms with Crippen molar-refractivity contribution in [2.24, 2.45) is 0 Å². The molecule has 0 saturated carbocycles. The van der Waals surface area contributed by atoms with Crippen molar-refractivity contribution >= 4 is 11.7 Å². The quantitative estimate of drug-likeness (QED) is 0.839. The van der Waals surface area contributed by atoms with Crippen molar-refractivity contribution in [3.8, 4) is 5.75 Å². The summed E-state index contributed by atoms with van der Waals surface area (Å²) in [7, 11) is 0. The van der Waals surface area contributed by atoms with Crippen LogP contribution < -0.4 is 5.32 Å². The molecule has 2 aromatic carbocycles. The molecule has 20 heavy (non-hydrogen) atoms. The molecule has 0 aliphatic rings. The van der Waals surface area contributed by atoms with Gasteiger partial charge in [0.2, 0.25) is 0 Å². The van der Waals surface area contributed by atoms with Gasteiger partial charge in [0.05, 0.1) is 12.1 Å². The van der Waals surface area contributed by atoms with Crippen molar-refractivity contribution in [3.63, 3.8) is 0 Å². The fourth-order valence-corrected chi connectivity index (χ4v) is 1.68. The molecule has 0 heterocycles. The zero-order valence-corrected chi connectivity index (χ0v) is 10.5. The standard InChI is InChI=1S/C15H12FNO3/c16-11-6-7-12(13(18)8-11)15(20)17-9-14(19)10-4-2-1-3-5-10/h1-8,18H,9H2,(H,17,20). The molecule has 0 saturated heterocycles. The number of phenolic OH excluding ortho intramolecular Hbond substituents is 1. The monoisotopic (exact) mass is 273 g/mol. The van der Waals surface area contributed by atoms with E-state index in [4.69, 9.17) is 0 Å².